The van der Waals surface area contributed by atoms with E-state index in [2.05, 4.69) is 43.0 Å². The first-order valence-electron chi connectivity index (χ1n) is 14.1. The molecule has 2 aromatic rings. The monoisotopic (exact) mass is 539 g/mol. The van der Waals surface area contributed by atoms with Gasteiger partial charge in [-0.15, -0.1) is 0 Å². The van der Waals surface area contributed by atoms with E-state index in [4.69, 9.17) is 9.72 Å². The molecular formula is C29H45N7O3. The Labute approximate surface area is 232 Å². The van der Waals surface area contributed by atoms with Crippen LogP contribution in [-0.2, 0) is 27.2 Å². The summed E-state index contributed by atoms with van der Waals surface area (Å²) in [7, 11) is 0. The van der Waals surface area contributed by atoms with Crippen LogP contribution in [0.25, 0.3) is 0 Å². The first-order valence-corrected chi connectivity index (χ1v) is 14.1. The highest BCUT2D eigenvalue weighted by Gasteiger charge is 2.26. The van der Waals surface area contributed by atoms with Crippen LogP contribution in [0.1, 0.15) is 70.3 Å². The van der Waals surface area contributed by atoms with Gasteiger partial charge in [-0.05, 0) is 84.4 Å². The molecule has 1 unspecified atom stereocenters. The Kier molecular flexibility index (Phi) is 11.5. The molecule has 2 aromatic heterocycles. The van der Waals surface area contributed by atoms with Crippen LogP contribution in [0.3, 0.4) is 0 Å². The second kappa shape index (κ2) is 14.8. The normalized spacial score (nSPS) is 13.8. The molecule has 1 atom stereocenters. The zero-order valence-corrected chi connectivity index (χ0v) is 24.2. The Morgan fingerprint density at radius 1 is 1.13 bits per heavy atom. The number of nitrogens with zero attached hydrogens (tertiary/aromatic N) is 4. The average molecular weight is 540 g/mol. The highest BCUT2D eigenvalue weighted by atomic mass is 16.6. The van der Waals surface area contributed by atoms with Gasteiger partial charge in [0.15, 0.2) is 0 Å². The topological polar surface area (TPSA) is 121 Å². The van der Waals surface area contributed by atoms with E-state index in [9.17, 15) is 9.59 Å². The van der Waals surface area contributed by atoms with E-state index in [1.54, 1.807) is 12.4 Å². The number of esters is 1. The molecule has 0 saturated carbocycles. The Morgan fingerprint density at radius 2 is 1.95 bits per heavy atom. The van der Waals surface area contributed by atoms with E-state index >= 15 is 0 Å². The minimum Gasteiger partial charge on any atom is -0.458 e. The van der Waals surface area contributed by atoms with E-state index in [0.29, 0.717) is 31.9 Å². The molecular weight excluding hydrogens is 494 g/mol. The molecule has 10 nitrogen and oxygen atoms in total. The quantitative estimate of drug-likeness (QED) is 0.245. The van der Waals surface area contributed by atoms with Gasteiger partial charge in [-0.25, -0.2) is 14.8 Å². The molecule has 0 aromatic carbocycles. The molecule has 10 heteroatoms. The van der Waals surface area contributed by atoms with Crippen LogP contribution in [0.4, 0.5) is 11.6 Å². The highest BCUT2D eigenvalue weighted by Crippen LogP contribution is 2.20. The summed E-state index contributed by atoms with van der Waals surface area (Å²) in [6.45, 7) is 12.7. The van der Waals surface area contributed by atoms with Gasteiger partial charge in [-0.1, -0.05) is 6.07 Å². The Balaban J connectivity index is 1.58. The molecule has 0 saturated heterocycles. The number of hydrogen-bond donors (Lipinski definition) is 3. The Hall–Kier alpha value is -3.27. The number of fused-ring (bicyclic) bond motifs is 1. The molecule has 3 rings (SSSR count). The third-order valence-electron chi connectivity index (χ3n) is 6.41. The summed E-state index contributed by atoms with van der Waals surface area (Å²) in [5.74, 6) is 1.21. The lowest BCUT2D eigenvalue weighted by atomic mass is 10.1. The number of hydrogen-bond acceptors (Lipinski definition) is 9. The summed E-state index contributed by atoms with van der Waals surface area (Å²) < 4.78 is 5.70. The highest BCUT2D eigenvalue weighted by molar-refractivity contribution is 5.79. The van der Waals surface area contributed by atoms with E-state index in [-0.39, 0.29) is 11.9 Å². The largest absolute Gasteiger partial charge is 0.458 e. The van der Waals surface area contributed by atoms with Crippen LogP contribution in [0.5, 0.6) is 0 Å². The number of rotatable bonds is 14. The maximum absolute atomic E-state index is 13.1. The zero-order chi connectivity index (χ0) is 28.3. The van der Waals surface area contributed by atoms with Crippen LogP contribution in [0.15, 0.2) is 24.5 Å². The Morgan fingerprint density at radius 3 is 2.69 bits per heavy atom. The molecule has 1 aliphatic heterocycles. The van der Waals surface area contributed by atoms with Gasteiger partial charge in [0.2, 0.25) is 5.91 Å². The SMILES string of the molecule is CC(=O)NCCN(CCCCc1ccc2c(n1)NCCC2)CCC(Nc1cncc(C)n1)C(=O)OC(C)(C)C. The van der Waals surface area contributed by atoms with Gasteiger partial charge in [-0.3, -0.25) is 9.78 Å². The predicted octanol–water partition coefficient (Wildman–Crippen LogP) is 3.51. The van der Waals surface area contributed by atoms with Gasteiger partial charge in [0, 0.05) is 45.0 Å². The van der Waals surface area contributed by atoms with Crippen LogP contribution >= 0.6 is 0 Å². The van der Waals surface area contributed by atoms with Crippen LogP contribution < -0.4 is 16.0 Å². The van der Waals surface area contributed by atoms with E-state index in [1.165, 1.54) is 12.5 Å². The van der Waals surface area contributed by atoms with Crippen molar-refractivity contribution >= 4 is 23.5 Å². The fourth-order valence-electron chi connectivity index (χ4n) is 4.52. The lowest BCUT2D eigenvalue weighted by Crippen LogP contribution is -2.41. The number of aryl methyl sites for hydroxylation is 3. The minimum absolute atomic E-state index is 0.0478. The number of aromatic nitrogens is 3. The number of nitrogens with one attached hydrogen (secondary N) is 3. The third kappa shape index (κ3) is 11.2. The summed E-state index contributed by atoms with van der Waals surface area (Å²) in [4.78, 5) is 40.2. The van der Waals surface area contributed by atoms with Crippen LogP contribution in [-0.4, -0.2) is 76.1 Å². The molecule has 39 heavy (non-hydrogen) atoms. The number of carbonyl (C=O) groups is 2. The zero-order valence-electron chi connectivity index (χ0n) is 24.2. The maximum atomic E-state index is 13.1. The van der Waals surface area contributed by atoms with Crippen LogP contribution in [0.2, 0.25) is 0 Å². The van der Waals surface area contributed by atoms with Crippen molar-refractivity contribution in [1.82, 2.24) is 25.2 Å². The first-order chi connectivity index (χ1) is 18.6. The molecule has 3 N–H and O–H groups in total. The van der Waals surface area contributed by atoms with Gasteiger partial charge in [0.05, 0.1) is 11.9 Å². The molecule has 0 fully saturated rings. The minimum atomic E-state index is -0.597. The van der Waals surface area contributed by atoms with Crippen LogP contribution in [0, 0.1) is 6.92 Å². The van der Waals surface area contributed by atoms with Gasteiger partial charge < -0.3 is 25.6 Å². The number of anilines is 2. The van der Waals surface area contributed by atoms with Crippen molar-refractivity contribution in [3.8, 4) is 0 Å². The first kappa shape index (κ1) is 30.3. The molecule has 0 bridgehead atoms. The van der Waals surface area contributed by atoms with Gasteiger partial charge in [-0.2, -0.15) is 0 Å². The fraction of sp³-hybridized carbons (Fsp3) is 0.621. The van der Waals surface area contributed by atoms with E-state index < -0.39 is 11.6 Å². The molecule has 1 aliphatic rings. The second-order valence-corrected chi connectivity index (χ2v) is 11.2. The average Bonchev–Trinajstić information content (AvgIpc) is 2.87. The summed E-state index contributed by atoms with van der Waals surface area (Å²) in [6, 6.07) is 3.77. The van der Waals surface area contributed by atoms with Crippen molar-refractivity contribution in [1.29, 1.82) is 0 Å². The van der Waals surface area contributed by atoms with Gasteiger partial charge in [0.25, 0.3) is 0 Å². The number of amides is 1. The third-order valence-corrected chi connectivity index (χ3v) is 6.41. The van der Waals surface area contributed by atoms with Gasteiger partial charge in [0.1, 0.15) is 23.3 Å². The Bertz CT molecular complexity index is 1090. The second-order valence-electron chi connectivity index (χ2n) is 11.2. The van der Waals surface area contributed by atoms with Crippen molar-refractivity contribution < 1.29 is 14.3 Å². The van der Waals surface area contributed by atoms with Crippen molar-refractivity contribution in [3.63, 3.8) is 0 Å². The molecule has 3 heterocycles. The number of unbranched alkanes of at least 4 members (excludes halogenated alkanes) is 1. The standard InChI is InChI=1S/C29H45N7O3/c1-21-19-30-20-26(33-21)35-25(28(38)39-29(3,4)5)13-17-36(18-15-31-22(2)37)16-7-6-10-24-12-11-23-9-8-14-32-27(23)34-24/h11-12,19-20,25H,6-10,13-18H2,1-5H3,(H,31,37)(H,32,34)(H,33,35). The van der Waals surface area contributed by atoms with E-state index in [1.807, 2.05) is 27.7 Å². The molecule has 1 amide bonds. The molecule has 214 valence electrons. The van der Waals surface area contributed by atoms with Crippen molar-refractivity contribution in [2.24, 2.45) is 0 Å². The predicted molar refractivity (Wildman–Crippen MR) is 154 cm³/mol. The number of ether oxygens (including phenoxy) is 1. The summed E-state index contributed by atoms with van der Waals surface area (Å²) in [5, 5.41) is 9.52. The smallest absolute Gasteiger partial charge is 0.329 e. The summed E-state index contributed by atoms with van der Waals surface area (Å²) >= 11 is 0. The molecule has 0 radical (unpaired) electrons. The lowest BCUT2D eigenvalue weighted by Gasteiger charge is -2.28. The number of carbonyl (C=O) groups excluding carboxylic acids is 2. The summed E-state index contributed by atoms with van der Waals surface area (Å²) in [5.41, 5.74) is 2.59. The van der Waals surface area contributed by atoms with Crippen molar-refractivity contribution in [3.05, 3.63) is 41.5 Å². The molecule has 0 aliphatic carbocycles. The summed E-state index contributed by atoms with van der Waals surface area (Å²) in [6.07, 6.45) is 8.98. The van der Waals surface area contributed by atoms with Crippen molar-refractivity contribution in [2.45, 2.75) is 84.8 Å². The fourth-order valence-corrected chi connectivity index (χ4v) is 4.52. The lowest BCUT2D eigenvalue weighted by molar-refractivity contribution is -0.156. The maximum Gasteiger partial charge on any atom is 0.329 e. The molecule has 0 spiro atoms. The van der Waals surface area contributed by atoms with Gasteiger partial charge >= 0.3 is 5.97 Å². The van der Waals surface area contributed by atoms with E-state index in [0.717, 1.165) is 62.4 Å². The number of pyridine rings is 1. The van der Waals surface area contributed by atoms with Crippen molar-refractivity contribution in [2.75, 3.05) is 43.4 Å².